The van der Waals surface area contributed by atoms with Crippen molar-refractivity contribution in [3.63, 3.8) is 0 Å². The molecule has 1 saturated carbocycles. The molecule has 2 heterocycles. The van der Waals surface area contributed by atoms with Crippen molar-refractivity contribution in [1.29, 1.82) is 0 Å². The van der Waals surface area contributed by atoms with Crippen LogP contribution in [0.4, 0.5) is 0 Å². The van der Waals surface area contributed by atoms with Crippen LogP contribution in [-0.2, 0) is 6.42 Å². The number of rotatable bonds is 5. The number of hydrogen-bond donors (Lipinski definition) is 1. The predicted molar refractivity (Wildman–Crippen MR) is 78.7 cm³/mol. The van der Waals surface area contributed by atoms with Gasteiger partial charge >= 0.3 is 0 Å². The minimum Gasteiger partial charge on any atom is -0.310 e. The Hall–Kier alpha value is -0.0900. The molecule has 1 aromatic rings. The lowest BCUT2D eigenvalue weighted by Crippen LogP contribution is -2.46. The molecule has 0 bridgehead atoms. The lowest BCUT2D eigenvalue weighted by molar-refractivity contribution is 0.192. The van der Waals surface area contributed by atoms with Gasteiger partial charge in [-0.1, -0.05) is 11.6 Å². The molecule has 4 heteroatoms. The summed E-state index contributed by atoms with van der Waals surface area (Å²) < 4.78 is 0.914. The zero-order valence-electron chi connectivity index (χ0n) is 10.7. The first-order valence-corrected chi connectivity index (χ1v) is 8.21. The van der Waals surface area contributed by atoms with Crippen LogP contribution < -0.4 is 5.32 Å². The Kier molecular flexibility index (Phi) is 4.24. The molecule has 0 aromatic carbocycles. The minimum absolute atomic E-state index is 0.734. The largest absolute Gasteiger partial charge is 0.310 e. The molecule has 1 N–H and O–H groups in total. The molecule has 18 heavy (non-hydrogen) atoms. The third-order valence-electron chi connectivity index (χ3n) is 3.86. The second-order valence-electron chi connectivity index (χ2n) is 5.54. The fraction of sp³-hybridized carbons (Fsp3) is 0.714. The first-order valence-electron chi connectivity index (χ1n) is 7.02. The van der Waals surface area contributed by atoms with Crippen LogP contribution in [0.1, 0.15) is 30.6 Å². The van der Waals surface area contributed by atoms with Crippen molar-refractivity contribution >= 4 is 22.9 Å². The number of nitrogens with one attached hydrogen (secondary N) is 1. The van der Waals surface area contributed by atoms with Gasteiger partial charge in [0.2, 0.25) is 0 Å². The van der Waals surface area contributed by atoms with Crippen LogP contribution in [0.25, 0.3) is 0 Å². The van der Waals surface area contributed by atoms with Crippen molar-refractivity contribution in [1.82, 2.24) is 10.2 Å². The molecule has 100 valence electrons. The molecule has 2 aliphatic rings. The lowest BCUT2D eigenvalue weighted by atomic mass is 10.1. The fourth-order valence-corrected chi connectivity index (χ4v) is 3.81. The maximum atomic E-state index is 5.96. The van der Waals surface area contributed by atoms with E-state index in [0.29, 0.717) is 0 Å². The quantitative estimate of drug-likeness (QED) is 0.893. The number of nitrogens with zero attached hydrogens (tertiary/aromatic N) is 1. The van der Waals surface area contributed by atoms with Gasteiger partial charge in [-0.25, -0.2) is 0 Å². The average molecular weight is 285 g/mol. The van der Waals surface area contributed by atoms with Crippen LogP contribution in [0.2, 0.25) is 4.34 Å². The zero-order valence-corrected chi connectivity index (χ0v) is 12.3. The summed E-state index contributed by atoms with van der Waals surface area (Å²) in [5.41, 5.74) is 0. The first-order chi connectivity index (χ1) is 8.79. The molecule has 2 nitrogen and oxygen atoms in total. The van der Waals surface area contributed by atoms with Gasteiger partial charge in [0.15, 0.2) is 0 Å². The summed E-state index contributed by atoms with van der Waals surface area (Å²) >= 11 is 7.69. The molecule has 0 amide bonds. The Balaban J connectivity index is 1.43. The van der Waals surface area contributed by atoms with Gasteiger partial charge in [-0.3, -0.25) is 0 Å². The van der Waals surface area contributed by atoms with E-state index in [1.165, 1.54) is 50.2 Å². The first kappa shape index (κ1) is 12.9. The number of piperidine rings is 1. The molecular weight excluding hydrogens is 264 g/mol. The molecule has 1 aliphatic carbocycles. The SMILES string of the molecule is Clc1ccc(CCN2CCCC(NC3CC3)C2)s1. The molecule has 1 saturated heterocycles. The van der Waals surface area contributed by atoms with E-state index < -0.39 is 0 Å². The highest BCUT2D eigenvalue weighted by Gasteiger charge is 2.27. The summed E-state index contributed by atoms with van der Waals surface area (Å²) in [6.07, 6.45) is 6.63. The molecule has 1 atom stereocenters. The molecule has 2 fully saturated rings. The van der Waals surface area contributed by atoms with E-state index >= 15 is 0 Å². The van der Waals surface area contributed by atoms with E-state index in [1.54, 1.807) is 11.3 Å². The zero-order chi connectivity index (χ0) is 12.4. The van der Waals surface area contributed by atoms with E-state index in [1.807, 2.05) is 6.07 Å². The van der Waals surface area contributed by atoms with Crippen LogP contribution in [0, 0.1) is 0 Å². The van der Waals surface area contributed by atoms with E-state index in [0.717, 1.165) is 22.8 Å². The van der Waals surface area contributed by atoms with Crippen LogP contribution in [-0.4, -0.2) is 36.6 Å². The van der Waals surface area contributed by atoms with Gasteiger partial charge in [0.1, 0.15) is 0 Å². The van der Waals surface area contributed by atoms with Crippen molar-refractivity contribution in [2.75, 3.05) is 19.6 Å². The van der Waals surface area contributed by atoms with Crippen molar-refractivity contribution in [3.05, 3.63) is 21.3 Å². The maximum absolute atomic E-state index is 5.96. The standard InChI is InChI=1S/C14H21ClN2S/c15-14-6-5-13(18-14)7-9-17-8-1-2-12(10-17)16-11-3-4-11/h5-6,11-12,16H,1-4,7-10H2. The van der Waals surface area contributed by atoms with Gasteiger partial charge in [0.05, 0.1) is 4.34 Å². The predicted octanol–water partition coefficient (Wildman–Crippen LogP) is 3.16. The van der Waals surface area contributed by atoms with Crippen LogP contribution >= 0.6 is 22.9 Å². The number of hydrogen-bond acceptors (Lipinski definition) is 3. The summed E-state index contributed by atoms with van der Waals surface area (Å²) in [6, 6.07) is 5.75. The summed E-state index contributed by atoms with van der Waals surface area (Å²) in [4.78, 5) is 4.02. The number of likely N-dealkylation sites (tertiary alicyclic amines) is 1. The Morgan fingerprint density at radius 3 is 2.89 bits per heavy atom. The van der Waals surface area contributed by atoms with E-state index in [2.05, 4.69) is 16.3 Å². The van der Waals surface area contributed by atoms with E-state index in [9.17, 15) is 0 Å². The van der Waals surface area contributed by atoms with Gasteiger partial charge in [0, 0.05) is 30.1 Å². The van der Waals surface area contributed by atoms with Crippen molar-refractivity contribution < 1.29 is 0 Å². The van der Waals surface area contributed by atoms with Crippen molar-refractivity contribution in [3.8, 4) is 0 Å². The Labute approximate surface area is 118 Å². The number of thiophene rings is 1. The van der Waals surface area contributed by atoms with Crippen LogP contribution in [0.3, 0.4) is 0 Å². The third kappa shape index (κ3) is 3.70. The second kappa shape index (κ2) is 5.91. The molecule has 1 aromatic heterocycles. The maximum Gasteiger partial charge on any atom is 0.0931 e. The topological polar surface area (TPSA) is 15.3 Å². The molecule has 1 aliphatic heterocycles. The summed E-state index contributed by atoms with van der Waals surface area (Å²) in [6.45, 7) is 3.68. The van der Waals surface area contributed by atoms with Gasteiger partial charge in [-0.2, -0.15) is 0 Å². The van der Waals surface area contributed by atoms with E-state index in [4.69, 9.17) is 11.6 Å². The Morgan fingerprint density at radius 1 is 1.28 bits per heavy atom. The average Bonchev–Trinajstić information content (AvgIpc) is 3.08. The fourth-order valence-electron chi connectivity index (χ4n) is 2.73. The molecule has 0 radical (unpaired) electrons. The van der Waals surface area contributed by atoms with Gasteiger partial charge in [-0.15, -0.1) is 11.3 Å². The van der Waals surface area contributed by atoms with E-state index in [-0.39, 0.29) is 0 Å². The summed E-state index contributed by atoms with van der Waals surface area (Å²) in [5.74, 6) is 0. The summed E-state index contributed by atoms with van der Waals surface area (Å²) in [5, 5.41) is 3.76. The Bertz CT molecular complexity index is 389. The van der Waals surface area contributed by atoms with Gasteiger partial charge in [-0.05, 0) is 50.8 Å². The van der Waals surface area contributed by atoms with Crippen molar-refractivity contribution in [2.24, 2.45) is 0 Å². The van der Waals surface area contributed by atoms with Crippen LogP contribution in [0.5, 0.6) is 0 Å². The number of halogens is 1. The van der Waals surface area contributed by atoms with Gasteiger partial charge < -0.3 is 10.2 Å². The summed E-state index contributed by atoms with van der Waals surface area (Å²) in [7, 11) is 0. The van der Waals surface area contributed by atoms with Crippen molar-refractivity contribution in [2.45, 2.75) is 44.2 Å². The lowest BCUT2D eigenvalue weighted by Gasteiger charge is -2.33. The molecule has 0 spiro atoms. The highest BCUT2D eigenvalue weighted by Crippen LogP contribution is 2.23. The third-order valence-corrected chi connectivity index (χ3v) is 5.15. The molecular formula is C14H21ClN2S. The second-order valence-corrected chi connectivity index (χ2v) is 7.34. The monoisotopic (exact) mass is 284 g/mol. The molecule has 1 unspecified atom stereocenters. The highest BCUT2D eigenvalue weighted by atomic mass is 35.5. The normalized spacial score (nSPS) is 25.5. The smallest absolute Gasteiger partial charge is 0.0931 e. The minimum atomic E-state index is 0.734. The molecule has 3 rings (SSSR count). The van der Waals surface area contributed by atoms with Gasteiger partial charge in [0.25, 0.3) is 0 Å². The Morgan fingerprint density at radius 2 is 2.17 bits per heavy atom. The highest BCUT2D eigenvalue weighted by molar-refractivity contribution is 7.16. The van der Waals surface area contributed by atoms with Crippen LogP contribution in [0.15, 0.2) is 12.1 Å².